The molecule has 0 aliphatic carbocycles. The quantitative estimate of drug-likeness (QED) is 0.572. The Hall–Kier alpha value is -3.69. The molecule has 170 valence electrons. The lowest BCUT2D eigenvalue weighted by atomic mass is 10.1. The van der Waals surface area contributed by atoms with Gasteiger partial charge in [0.2, 0.25) is 11.7 Å². The van der Waals surface area contributed by atoms with E-state index in [1.807, 2.05) is 34.6 Å². The van der Waals surface area contributed by atoms with Crippen LogP contribution in [-0.4, -0.2) is 50.7 Å². The number of amides is 2. The highest BCUT2D eigenvalue weighted by Crippen LogP contribution is 2.21. The van der Waals surface area contributed by atoms with Crippen LogP contribution in [0, 0.1) is 6.92 Å². The molecule has 0 aliphatic heterocycles. The van der Waals surface area contributed by atoms with E-state index >= 15 is 0 Å². The van der Waals surface area contributed by atoms with Crippen LogP contribution in [0.25, 0.3) is 11.6 Å². The third-order valence-electron chi connectivity index (χ3n) is 4.27. The van der Waals surface area contributed by atoms with E-state index in [1.165, 1.54) is 9.70 Å². The minimum atomic E-state index is -0.422. The molecule has 3 rings (SSSR count). The van der Waals surface area contributed by atoms with E-state index in [2.05, 4.69) is 20.7 Å². The number of aromatic nitrogens is 4. The summed E-state index contributed by atoms with van der Waals surface area (Å²) >= 11 is 0. The van der Waals surface area contributed by atoms with Crippen molar-refractivity contribution in [2.24, 2.45) is 0 Å². The SMILES string of the molecule is CCOc1ccc(N(CC(=O)NC(C)(C)C)C(=O)Cn2nnc(-c3ccc(C)o3)n2)cc1. The van der Waals surface area contributed by atoms with Gasteiger partial charge in [-0.15, -0.1) is 10.2 Å². The number of nitrogens with zero attached hydrogens (tertiary/aromatic N) is 5. The summed E-state index contributed by atoms with van der Waals surface area (Å²) in [5.74, 6) is 1.51. The van der Waals surface area contributed by atoms with Crippen molar-refractivity contribution in [3.05, 3.63) is 42.2 Å². The summed E-state index contributed by atoms with van der Waals surface area (Å²) < 4.78 is 11.0. The van der Waals surface area contributed by atoms with E-state index in [-0.39, 0.29) is 30.7 Å². The summed E-state index contributed by atoms with van der Waals surface area (Å²) in [6, 6.07) is 10.5. The van der Waals surface area contributed by atoms with Gasteiger partial charge in [-0.1, -0.05) is 0 Å². The Morgan fingerprint density at radius 1 is 1.16 bits per heavy atom. The number of anilines is 1. The third kappa shape index (κ3) is 6.16. The Bertz CT molecular complexity index is 1060. The molecule has 2 heterocycles. The van der Waals surface area contributed by atoms with Crippen LogP contribution >= 0.6 is 0 Å². The number of hydrogen-bond donors (Lipinski definition) is 1. The number of tetrazole rings is 1. The first-order valence-electron chi connectivity index (χ1n) is 10.3. The minimum Gasteiger partial charge on any atom is -0.494 e. The Labute approximate surface area is 186 Å². The highest BCUT2D eigenvalue weighted by Gasteiger charge is 2.23. The Balaban J connectivity index is 1.79. The van der Waals surface area contributed by atoms with E-state index in [0.29, 0.717) is 23.8 Å². The van der Waals surface area contributed by atoms with E-state index in [4.69, 9.17) is 9.15 Å². The summed E-state index contributed by atoms with van der Waals surface area (Å²) in [5.41, 5.74) is 0.137. The number of aryl methyl sites for hydroxylation is 1. The van der Waals surface area contributed by atoms with Crippen molar-refractivity contribution < 1.29 is 18.7 Å². The Morgan fingerprint density at radius 2 is 1.88 bits per heavy atom. The maximum atomic E-state index is 13.1. The molecule has 0 radical (unpaired) electrons. The smallest absolute Gasteiger partial charge is 0.251 e. The molecular weight excluding hydrogens is 412 g/mol. The number of carbonyl (C=O) groups is 2. The van der Waals surface area contributed by atoms with Gasteiger partial charge in [0.05, 0.1) is 6.61 Å². The van der Waals surface area contributed by atoms with E-state index in [9.17, 15) is 9.59 Å². The normalized spacial score (nSPS) is 11.3. The number of carbonyl (C=O) groups excluding carboxylic acids is 2. The van der Waals surface area contributed by atoms with Gasteiger partial charge < -0.3 is 19.4 Å². The van der Waals surface area contributed by atoms with Crippen molar-refractivity contribution in [2.75, 3.05) is 18.1 Å². The highest BCUT2D eigenvalue weighted by molar-refractivity contribution is 5.98. The summed E-state index contributed by atoms with van der Waals surface area (Å²) in [4.78, 5) is 28.3. The van der Waals surface area contributed by atoms with E-state index in [0.717, 1.165) is 5.76 Å². The second-order valence-electron chi connectivity index (χ2n) is 8.26. The molecule has 0 atom stereocenters. The van der Waals surface area contributed by atoms with Crippen molar-refractivity contribution >= 4 is 17.5 Å². The minimum absolute atomic E-state index is 0.150. The predicted molar refractivity (Wildman–Crippen MR) is 118 cm³/mol. The molecule has 0 saturated heterocycles. The first-order chi connectivity index (χ1) is 15.1. The van der Waals surface area contributed by atoms with Crippen molar-refractivity contribution in [3.63, 3.8) is 0 Å². The monoisotopic (exact) mass is 440 g/mol. The topological polar surface area (TPSA) is 115 Å². The second kappa shape index (κ2) is 9.63. The molecule has 0 aliphatic rings. The fourth-order valence-electron chi connectivity index (χ4n) is 2.98. The van der Waals surface area contributed by atoms with Crippen LogP contribution in [0.15, 0.2) is 40.8 Å². The molecular formula is C22H28N6O4. The summed E-state index contributed by atoms with van der Waals surface area (Å²) in [5, 5.41) is 15.0. The zero-order valence-corrected chi connectivity index (χ0v) is 19.0. The van der Waals surface area contributed by atoms with Crippen LogP contribution in [0.3, 0.4) is 0 Å². The first kappa shape index (κ1) is 23.0. The zero-order chi connectivity index (χ0) is 23.3. The molecule has 10 nitrogen and oxygen atoms in total. The molecule has 1 N–H and O–H groups in total. The number of furan rings is 1. The van der Waals surface area contributed by atoms with Crippen molar-refractivity contribution in [2.45, 2.75) is 46.7 Å². The number of rotatable bonds is 8. The molecule has 2 amide bonds. The van der Waals surface area contributed by atoms with Gasteiger partial charge in [-0.3, -0.25) is 9.59 Å². The van der Waals surface area contributed by atoms with Crippen LogP contribution in [0.2, 0.25) is 0 Å². The van der Waals surface area contributed by atoms with Crippen LogP contribution in [-0.2, 0) is 16.1 Å². The molecule has 1 aromatic carbocycles. The van der Waals surface area contributed by atoms with Crippen LogP contribution in [0.4, 0.5) is 5.69 Å². The van der Waals surface area contributed by atoms with Crippen LogP contribution in [0.1, 0.15) is 33.5 Å². The van der Waals surface area contributed by atoms with E-state index in [1.54, 1.807) is 36.4 Å². The van der Waals surface area contributed by atoms with Crippen molar-refractivity contribution in [1.29, 1.82) is 0 Å². The number of benzene rings is 1. The van der Waals surface area contributed by atoms with Gasteiger partial charge in [0, 0.05) is 11.2 Å². The lowest BCUT2D eigenvalue weighted by molar-refractivity contribution is -0.125. The van der Waals surface area contributed by atoms with Gasteiger partial charge in [0.1, 0.15) is 24.6 Å². The fourth-order valence-corrected chi connectivity index (χ4v) is 2.98. The lowest BCUT2D eigenvalue weighted by Gasteiger charge is -2.26. The standard InChI is InChI=1S/C22H28N6O4/c1-6-31-17-10-8-16(9-11-17)27(13-19(29)23-22(3,4)5)20(30)14-28-25-21(24-26-28)18-12-7-15(2)32-18/h7-12H,6,13-14H2,1-5H3,(H,23,29). The van der Waals surface area contributed by atoms with Crippen molar-refractivity contribution in [3.8, 4) is 17.3 Å². The fraction of sp³-hybridized carbons (Fsp3) is 0.409. The molecule has 10 heteroatoms. The van der Waals surface area contributed by atoms with Gasteiger partial charge in [-0.2, -0.15) is 4.80 Å². The summed E-state index contributed by atoms with van der Waals surface area (Å²) in [6.07, 6.45) is 0. The van der Waals surface area contributed by atoms with E-state index < -0.39 is 5.54 Å². The molecule has 0 spiro atoms. The number of ether oxygens (including phenoxy) is 1. The number of hydrogen-bond acceptors (Lipinski definition) is 7. The van der Waals surface area contributed by atoms with Gasteiger partial charge >= 0.3 is 0 Å². The largest absolute Gasteiger partial charge is 0.494 e. The molecule has 0 saturated carbocycles. The van der Waals surface area contributed by atoms with Gasteiger partial charge in [-0.25, -0.2) is 0 Å². The molecule has 0 bridgehead atoms. The lowest BCUT2D eigenvalue weighted by Crippen LogP contribution is -2.48. The molecule has 32 heavy (non-hydrogen) atoms. The predicted octanol–water partition coefficient (Wildman–Crippen LogP) is 2.59. The van der Waals surface area contributed by atoms with Gasteiger partial charge in [-0.05, 0) is 76.2 Å². The molecule has 0 fully saturated rings. The Morgan fingerprint density at radius 3 is 2.47 bits per heavy atom. The number of nitrogens with one attached hydrogen (secondary N) is 1. The average Bonchev–Trinajstić information content (AvgIpc) is 3.34. The first-order valence-corrected chi connectivity index (χ1v) is 10.3. The average molecular weight is 441 g/mol. The maximum Gasteiger partial charge on any atom is 0.251 e. The van der Waals surface area contributed by atoms with Crippen LogP contribution < -0.4 is 15.0 Å². The zero-order valence-electron chi connectivity index (χ0n) is 19.0. The maximum absolute atomic E-state index is 13.1. The van der Waals surface area contributed by atoms with Crippen LogP contribution in [0.5, 0.6) is 5.75 Å². The molecule has 0 unspecified atom stereocenters. The second-order valence-corrected chi connectivity index (χ2v) is 8.26. The summed E-state index contributed by atoms with van der Waals surface area (Å²) in [6.45, 7) is 9.54. The van der Waals surface area contributed by atoms with Crippen molar-refractivity contribution in [1.82, 2.24) is 25.5 Å². The Kier molecular flexibility index (Phi) is 6.92. The molecule has 3 aromatic rings. The third-order valence-corrected chi connectivity index (χ3v) is 4.27. The van der Waals surface area contributed by atoms with Gasteiger partial charge in [0.15, 0.2) is 5.76 Å². The molecule has 2 aromatic heterocycles. The summed E-state index contributed by atoms with van der Waals surface area (Å²) in [7, 11) is 0. The van der Waals surface area contributed by atoms with Gasteiger partial charge in [0.25, 0.3) is 5.91 Å². The highest BCUT2D eigenvalue weighted by atomic mass is 16.5.